The molecule has 1 aromatic rings. The molecule has 0 saturated heterocycles. The molecule has 0 saturated carbocycles. The van der Waals surface area contributed by atoms with Crippen LogP contribution in [0.5, 0.6) is 0 Å². The summed E-state index contributed by atoms with van der Waals surface area (Å²) in [5.74, 6) is 0.734. The fourth-order valence-corrected chi connectivity index (χ4v) is 2.21. The molecule has 1 rings (SSSR count). The van der Waals surface area contributed by atoms with E-state index in [1.807, 2.05) is 0 Å². The normalized spacial score (nSPS) is 11.0. The summed E-state index contributed by atoms with van der Waals surface area (Å²) in [6.07, 6.45) is 1.15. The summed E-state index contributed by atoms with van der Waals surface area (Å²) in [5, 5.41) is 4.35. The average Bonchev–Trinajstić information content (AvgIpc) is 2.64. The van der Waals surface area contributed by atoms with Crippen LogP contribution in [-0.2, 0) is 6.42 Å². The Labute approximate surface area is 89.3 Å². The summed E-state index contributed by atoms with van der Waals surface area (Å²) in [5.41, 5.74) is 1.44. The van der Waals surface area contributed by atoms with Crippen LogP contribution in [-0.4, -0.2) is 30.4 Å². The molecular formula is C10H16ClNS. The molecule has 1 nitrogen and oxygen atoms in total. The van der Waals surface area contributed by atoms with Gasteiger partial charge in [-0.3, -0.25) is 0 Å². The van der Waals surface area contributed by atoms with Crippen molar-refractivity contribution >= 4 is 22.9 Å². The van der Waals surface area contributed by atoms with Crippen LogP contribution in [0.3, 0.4) is 0 Å². The second-order valence-corrected chi connectivity index (χ2v) is 4.16. The second kappa shape index (κ2) is 6.41. The lowest BCUT2D eigenvalue weighted by Crippen LogP contribution is -2.27. The van der Waals surface area contributed by atoms with Crippen molar-refractivity contribution in [3.63, 3.8) is 0 Å². The molecule has 0 spiro atoms. The van der Waals surface area contributed by atoms with Gasteiger partial charge in [-0.2, -0.15) is 11.3 Å². The summed E-state index contributed by atoms with van der Waals surface area (Å²) in [4.78, 5) is 2.38. The van der Waals surface area contributed by atoms with E-state index in [0.29, 0.717) is 0 Å². The molecule has 0 bridgehead atoms. The van der Waals surface area contributed by atoms with Crippen LogP contribution < -0.4 is 0 Å². The SMILES string of the molecule is CCN(CCCl)CCc1ccsc1. The van der Waals surface area contributed by atoms with Crippen molar-refractivity contribution in [1.82, 2.24) is 4.90 Å². The van der Waals surface area contributed by atoms with Gasteiger partial charge in [0.15, 0.2) is 0 Å². The first kappa shape index (κ1) is 11.0. The largest absolute Gasteiger partial charge is 0.302 e. The third-order valence-electron chi connectivity index (χ3n) is 2.14. The first-order valence-corrected chi connectivity index (χ1v) is 6.14. The van der Waals surface area contributed by atoms with E-state index in [9.17, 15) is 0 Å². The van der Waals surface area contributed by atoms with Crippen LogP contribution in [0.4, 0.5) is 0 Å². The molecule has 0 atom stereocenters. The van der Waals surface area contributed by atoms with Crippen molar-refractivity contribution < 1.29 is 0 Å². The molecule has 13 heavy (non-hydrogen) atoms. The Morgan fingerprint density at radius 3 is 2.85 bits per heavy atom. The van der Waals surface area contributed by atoms with Gasteiger partial charge in [0.2, 0.25) is 0 Å². The van der Waals surface area contributed by atoms with Crippen LogP contribution in [0.1, 0.15) is 12.5 Å². The Balaban J connectivity index is 2.23. The zero-order chi connectivity index (χ0) is 9.52. The number of alkyl halides is 1. The maximum atomic E-state index is 5.70. The predicted molar refractivity (Wildman–Crippen MR) is 60.9 cm³/mol. The van der Waals surface area contributed by atoms with Crippen molar-refractivity contribution in [2.45, 2.75) is 13.3 Å². The summed E-state index contributed by atoms with van der Waals surface area (Å²) >= 11 is 7.46. The summed E-state index contributed by atoms with van der Waals surface area (Å²) in [7, 11) is 0. The highest BCUT2D eigenvalue weighted by Gasteiger charge is 2.01. The minimum Gasteiger partial charge on any atom is -0.302 e. The topological polar surface area (TPSA) is 3.24 Å². The molecule has 0 aliphatic rings. The van der Waals surface area contributed by atoms with Gasteiger partial charge >= 0.3 is 0 Å². The van der Waals surface area contributed by atoms with E-state index in [1.54, 1.807) is 11.3 Å². The molecule has 0 unspecified atom stereocenters. The third kappa shape index (κ3) is 4.12. The first-order valence-electron chi connectivity index (χ1n) is 4.66. The van der Waals surface area contributed by atoms with E-state index in [4.69, 9.17) is 11.6 Å². The number of hydrogen-bond donors (Lipinski definition) is 0. The molecule has 1 aromatic heterocycles. The van der Waals surface area contributed by atoms with Gasteiger partial charge in [0, 0.05) is 19.0 Å². The van der Waals surface area contributed by atoms with Crippen molar-refractivity contribution in [1.29, 1.82) is 0 Å². The lowest BCUT2D eigenvalue weighted by atomic mass is 10.2. The van der Waals surface area contributed by atoms with Crippen molar-refractivity contribution in [2.24, 2.45) is 0 Å². The van der Waals surface area contributed by atoms with Gasteiger partial charge in [0.1, 0.15) is 0 Å². The maximum absolute atomic E-state index is 5.70. The zero-order valence-electron chi connectivity index (χ0n) is 8.00. The Kier molecular flexibility index (Phi) is 5.44. The van der Waals surface area contributed by atoms with Gasteiger partial charge < -0.3 is 4.90 Å². The van der Waals surface area contributed by atoms with E-state index < -0.39 is 0 Å². The van der Waals surface area contributed by atoms with E-state index in [1.165, 1.54) is 5.56 Å². The molecule has 0 N–H and O–H groups in total. The lowest BCUT2D eigenvalue weighted by molar-refractivity contribution is 0.310. The summed E-state index contributed by atoms with van der Waals surface area (Å²) in [6.45, 7) is 5.40. The van der Waals surface area contributed by atoms with Gasteiger partial charge in [-0.25, -0.2) is 0 Å². The minimum absolute atomic E-state index is 0.734. The molecule has 3 heteroatoms. The van der Waals surface area contributed by atoms with E-state index in [2.05, 4.69) is 28.7 Å². The number of hydrogen-bond acceptors (Lipinski definition) is 2. The number of thiophene rings is 1. The van der Waals surface area contributed by atoms with E-state index in [-0.39, 0.29) is 0 Å². The Morgan fingerprint density at radius 2 is 2.31 bits per heavy atom. The van der Waals surface area contributed by atoms with Crippen LogP contribution in [0, 0.1) is 0 Å². The molecule has 0 aliphatic heterocycles. The molecule has 0 aromatic carbocycles. The van der Waals surface area contributed by atoms with Gasteiger partial charge in [0.05, 0.1) is 0 Å². The van der Waals surface area contributed by atoms with Gasteiger partial charge in [-0.15, -0.1) is 11.6 Å². The predicted octanol–water partition coefficient (Wildman–Crippen LogP) is 2.85. The Bertz CT molecular complexity index is 211. The Hall–Kier alpha value is -0.0500. The molecule has 74 valence electrons. The molecular weight excluding hydrogens is 202 g/mol. The number of likely N-dealkylation sites (N-methyl/N-ethyl adjacent to an activating group) is 1. The number of nitrogens with zero attached hydrogens (tertiary/aromatic N) is 1. The standard InChI is InChI=1S/C10H16ClNS/c1-2-12(7-5-11)6-3-10-4-8-13-9-10/h4,8-9H,2-3,5-7H2,1H3. The lowest BCUT2D eigenvalue weighted by Gasteiger charge is -2.18. The molecule has 0 aliphatic carbocycles. The molecule has 0 fully saturated rings. The van der Waals surface area contributed by atoms with Gasteiger partial charge in [0.25, 0.3) is 0 Å². The summed E-state index contributed by atoms with van der Waals surface area (Å²) < 4.78 is 0. The number of halogens is 1. The Morgan fingerprint density at radius 1 is 1.46 bits per heavy atom. The average molecular weight is 218 g/mol. The fourth-order valence-electron chi connectivity index (χ4n) is 1.27. The van der Waals surface area contributed by atoms with Gasteiger partial charge in [-0.1, -0.05) is 6.92 Å². The highest BCUT2D eigenvalue weighted by atomic mass is 35.5. The molecule has 0 radical (unpaired) electrons. The monoisotopic (exact) mass is 217 g/mol. The first-order chi connectivity index (χ1) is 6.36. The quantitative estimate of drug-likeness (QED) is 0.663. The highest BCUT2D eigenvalue weighted by Crippen LogP contribution is 2.07. The third-order valence-corrected chi connectivity index (χ3v) is 3.05. The molecule has 1 heterocycles. The van der Waals surface area contributed by atoms with Crippen LogP contribution in [0.15, 0.2) is 16.8 Å². The van der Waals surface area contributed by atoms with Gasteiger partial charge in [-0.05, 0) is 35.4 Å². The fraction of sp³-hybridized carbons (Fsp3) is 0.600. The zero-order valence-corrected chi connectivity index (χ0v) is 9.57. The van der Waals surface area contributed by atoms with Crippen molar-refractivity contribution in [2.75, 3.05) is 25.5 Å². The van der Waals surface area contributed by atoms with Crippen LogP contribution >= 0.6 is 22.9 Å². The van der Waals surface area contributed by atoms with Crippen molar-refractivity contribution in [3.05, 3.63) is 22.4 Å². The summed E-state index contributed by atoms with van der Waals surface area (Å²) in [6, 6.07) is 2.19. The van der Waals surface area contributed by atoms with Crippen LogP contribution in [0.25, 0.3) is 0 Å². The van der Waals surface area contributed by atoms with E-state index >= 15 is 0 Å². The van der Waals surface area contributed by atoms with Crippen molar-refractivity contribution in [3.8, 4) is 0 Å². The second-order valence-electron chi connectivity index (χ2n) is 3.00. The maximum Gasteiger partial charge on any atom is 0.0351 e. The van der Waals surface area contributed by atoms with E-state index in [0.717, 1.165) is 31.9 Å². The van der Waals surface area contributed by atoms with Crippen LogP contribution in [0.2, 0.25) is 0 Å². The highest BCUT2D eigenvalue weighted by molar-refractivity contribution is 7.07. The number of rotatable bonds is 6. The smallest absolute Gasteiger partial charge is 0.0351 e. The minimum atomic E-state index is 0.734. The molecule has 0 amide bonds.